The number of aliphatic hydroxyl groups is 1. The van der Waals surface area contributed by atoms with Gasteiger partial charge in [0.2, 0.25) is 0 Å². The number of ether oxygens (including phenoxy) is 2. The first-order valence-electron chi connectivity index (χ1n) is 7.94. The van der Waals surface area contributed by atoms with Crippen LogP contribution in [0.5, 0.6) is 11.5 Å². The lowest BCUT2D eigenvalue weighted by Gasteiger charge is -2.15. The molecule has 4 nitrogen and oxygen atoms in total. The van der Waals surface area contributed by atoms with Crippen molar-refractivity contribution < 1.29 is 14.6 Å². The minimum absolute atomic E-state index is 0.268. The van der Waals surface area contributed by atoms with Crippen LogP contribution in [0.3, 0.4) is 0 Å². The Hall–Kier alpha value is -2.04. The number of nitrogens with one attached hydrogen (secondary N) is 1. The molecule has 1 unspecified atom stereocenters. The Kier molecular flexibility index (Phi) is 6.91. The smallest absolute Gasteiger partial charge is 0.120 e. The lowest BCUT2D eigenvalue weighted by Crippen LogP contribution is -2.35. The molecule has 0 aromatic heterocycles. The van der Waals surface area contributed by atoms with Crippen molar-refractivity contribution >= 4 is 0 Å². The molecule has 0 saturated heterocycles. The van der Waals surface area contributed by atoms with E-state index in [1.54, 1.807) is 0 Å². The van der Waals surface area contributed by atoms with Gasteiger partial charge in [0.15, 0.2) is 0 Å². The standard InChI is InChI=1S/C19H25NO3/c1-15(2)20-12-17(21)14-23-19-10-8-18(9-11-19)22-13-16-6-4-3-5-7-16/h3-11,15,17,20-21H,12-14H2,1-2H3. The van der Waals surface area contributed by atoms with Gasteiger partial charge in [-0.1, -0.05) is 44.2 Å². The van der Waals surface area contributed by atoms with Crippen LogP contribution in [0, 0.1) is 0 Å². The van der Waals surface area contributed by atoms with E-state index in [1.807, 2.05) is 68.4 Å². The van der Waals surface area contributed by atoms with Crippen molar-refractivity contribution in [3.8, 4) is 11.5 Å². The second-order valence-electron chi connectivity index (χ2n) is 5.77. The van der Waals surface area contributed by atoms with Gasteiger partial charge in [0.05, 0.1) is 0 Å². The van der Waals surface area contributed by atoms with Crippen LogP contribution in [0.15, 0.2) is 54.6 Å². The van der Waals surface area contributed by atoms with Crippen molar-refractivity contribution in [2.75, 3.05) is 13.2 Å². The van der Waals surface area contributed by atoms with E-state index in [4.69, 9.17) is 9.47 Å². The summed E-state index contributed by atoms with van der Waals surface area (Å²) < 4.78 is 11.3. The summed E-state index contributed by atoms with van der Waals surface area (Å²) >= 11 is 0. The van der Waals surface area contributed by atoms with E-state index >= 15 is 0 Å². The first-order chi connectivity index (χ1) is 11.1. The Morgan fingerprint density at radius 2 is 1.52 bits per heavy atom. The Morgan fingerprint density at radius 1 is 0.913 bits per heavy atom. The van der Waals surface area contributed by atoms with Crippen molar-refractivity contribution in [1.29, 1.82) is 0 Å². The molecule has 0 bridgehead atoms. The molecule has 4 heteroatoms. The lowest BCUT2D eigenvalue weighted by atomic mass is 10.2. The molecular weight excluding hydrogens is 290 g/mol. The number of benzene rings is 2. The highest BCUT2D eigenvalue weighted by atomic mass is 16.5. The lowest BCUT2D eigenvalue weighted by molar-refractivity contribution is 0.104. The van der Waals surface area contributed by atoms with Crippen LogP contribution in [0.4, 0.5) is 0 Å². The van der Waals surface area contributed by atoms with Crippen molar-refractivity contribution in [2.45, 2.75) is 32.6 Å². The van der Waals surface area contributed by atoms with Crippen molar-refractivity contribution in [3.63, 3.8) is 0 Å². The molecule has 0 radical (unpaired) electrons. The van der Waals surface area contributed by atoms with Crippen molar-refractivity contribution in [2.24, 2.45) is 0 Å². The number of hydrogen-bond donors (Lipinski definition) is 2. The normalized spacial score (nSPS) is 12.2. The predicted molar refractivity (Wildman–Crippen MR) is 91.9 cm³/mol. The van der Waals surface area contributed by atoms with Crippen LogP contribution >= 0.6 is 0 Å². The maximum absolute atomic E-state index is 9.81. The number of rotatable bonds is 9. The average Bonchev–Trinajstić information content (AvgIpc) is 2.58. The molecule has 0 amide bonds. The van der Waals surface area contributed by atoms with Gasteiger partial charge in [-0.3, -0.25) is 0 Å². The summed E-state index contributed by atoms with van der Waals surface area (Å²) in [5, 5.41) is 13.0. The van der Waals surface area contributed by atoms with Crippen molar-refractivity contribution in [1.82, 2.24) is 5.32 Å². The highest BCUT2D eigenvalue weighted by molar-refractivity contribution is 5.31. The van der Waals surface area contributed by atoms with E-state index in [2.05, 4.69) is 5.32 Å². The molecule has 124 valence electrons. The van der Waals surface area contributed by atoms with Gasteiger partial charge in [-0.15, -0.1) is 0 Å². The first kappa shape index (κ1) is 17.3. The summed E-state index contributed by atoms with van der Waals surface area (Å²) in [6.45, 7) is 5.42. The summed E-state index contributed by atoms with van der Waals surface area (Å²) in [7, 11) is 0. The van der Waals surface area contributed by atoms with Crippen LogP contribution in [-0.2, 0) is 6.61 Å². The van der Waals surface area contributed by atoms with Gasteiger partial charge in [-0.05, 0) is 29.8 Å². The maximum atomic E-state index is 9.81. The Bertz CT molecular complexity index is 555. The number of hydrogen-bond acceptors (Lipinski definition) is 4. The van der Waals surface area contributed by atoms with E-state index in [-0.39, 0.29) is 6.61 Å². The Balaban J connectivity index is 1.73. The third-order valence-electron chi connectivity index (χ3n) is 3.28. The molecule has 0 heterocycles. The van der Waals surface area contributed by atoms with E-state index in [9.17, 15) is 5.11 Å². The van der Waals surface area contributed by atoms with E-state index in [0.717, 1.165) is 17.1 Å². The molecule has 1 atom stereocenters. The molecule has 2 aromatic rings. The van der Waals surface area contributed by atoms with Crippen LogP contribution in [-0.4, -0.2) is 30.4 Å². The fraction of sp³-hybridized carbons (Fsp3) is 0.368. The molecule has 2 rings (SSSR count). The van der Waals surface area contributed by atoms with Gasteiger partial charge in [0, 0.05) is 12.6 Å². The third-order valence-corrected chi connectivity index (χ3v) is 3.28. The van der Waals surface area contributed by atoms with Crippen LogP contribution < -0.4 is 14.8 Å². The second-order valence-corrected chi connectivity index (χ2v) is 5.77. The molecule has 0 aliphatic carbocycles. The fourth-order valence-corrected chi connectivity index (χ4v) is 2.00. The van der Waals surface area contributed by atoms with E-state index < -0.39 is 6.10 Å². The molecule has 0 aliphatic rings. The quantitative estimate of drug-likeness (QED) is 0.747. The molecule has 0 saturated carbocycles. The Labute approximate surface area is 138 Å². The van der Waals surface area contributed by atoms with E-state index in [0.29, 0.717) is 19.2 Å². The third kappa shape index (κ3) is 6.72. The minimum Gasteiger partial charge on any atom is -0.491 e. The molecule has 23 heavy (non-hydrogen) atoms. The molecule has 0 fully saturated rings. The zero-order chi connectivity index (χ0) is 16.5. The van der Waals surface area contributed by atoms with Gasteiger partial charge in [0.1, 0.15) is 30.8 Å². The Morgan fingerprint density at radius 3 is 2.13 bits per heavy atom. The van der Waals surface area contributed by atoms with Crippen LogP contribution in [0.25, 0.3) is 0 Å². The predicted octanol–water partition coefficient (Wildman–Crippen LogP) is 3.00. The van der Waals surface area contributed by atoms with Gasteiger partial charge in [-0.2, -0.15) is 0 Å². The summed E-state index contributed by atoms with van der Waals surface area (Å²) in [5.74, 6) is 1.52. The summed E-state index contributed by atoms with van der Waals surface area (Å²) in [5.41, 5.74) is 1.13. The molecule has 2 aromatic carbocycles. The molecule has 0 spiro atoms. The zero-order valence-electron chi connectivity index (χ0n) is 13.7. The fourth-order valence-electron chi connectivity index (χ4n) is 2.00. The summed E-state index contributed by atoms with van der Waals surface area (Å²) in [6, 6.07) is 17.8. The van der Waals surface area contributed by atoms with Crippen LogP contribution in [0.1, 0.15) is 19.4 Å². The van der Waals surface area contributed by atoms with Gasteiger partial charge in [0.25, 0.3) is 0 Å². The summed E-state index contributed by atoms with van der Waals surface area (Å²) in [4.78, 5) is 0. The van der Waals surface area contributed by atoms with Gasteiger partial charge in [-0.25, -0.2) is 0 Å². The van der Waals surface area contributed by atoms with Crippen molar-refractivity contribution in [3.05, 3.63) is 60.2 Å². The van der Waals surface area contributed by atoms with Gasteiger partial charge >= 0.3 is 0 Å². The molecule has 2 N–H and O–H groups in total. The zero-order valence-corrected chi connectivity index (χ0v) is 13.7. The topological polar surface area (TPSA) is 50.7 Å². The molecular formula is C19H25NO3. The monoisotopic (exact) mass is 315 g/mol. The summed E-state index contributed by atoms with van der Waals surface area (Å²) in [6.07, 6.45) is -0.522. The highest BCUT2D eigenvalue weighted by Gasteiger charge is 2.06. The maximum Gasteiger partial charge on any atom is 0.120 e. The minimum atomic E-state index is -0.522. The largest absolute Gasteiger partial charge is 0.491 e. The average molecular weight is 315 g/mol. The van der Waals surface area contributed by atoms with E-state index in [1.165, 1.54) is 0 Å². The van der Waals surface area contributed by atoms with Gasteiger partial charge < -0.3 is 19.9 Å². The second kappa shape index (κ2) is 9.18. The molecule has 0 aliphatic heterocycles. The highest BCUT2D eigenvalue weighted by Crippen LogP contribution is 2.18. The first-order valence-corrected chi connectivity index (χ1v) is 7.94. The van der Waals surface area contributed by atoms with Crippen LogP contribution in [0.2, 0.25) is 0 Å². The SMILES string of the molecule is CC(C)NCC(O)COc1ccc(OCc2ccccc2)cc1. The number of aliphatic hydroxyl groups excluding tert-OH is 1.